The number of nitrogens with two attached hydrogens (primary N) is 2. The molecule has 0 radical (unpaired) electrons. The van der Waals surface area contributed by atoms with E-state index < -0.39 is 0 Å². The van der Waals surface area contributed by atoms with E-state index in [9.17, 15) is 4.79 Å². The normalized spacial score (nSPS) is 26.1. The molecule has 0 aliphatic heterocycles. The first-order chi connectivity index (χ1) is 8.51. The Morgan fingerprint density at radius 2 is 1.89 bits per heavy atom. The van der Waals surface area contributed by atoms with Gasteiger partial charge in [0.25, 0.3) is 0 Å². The van der Waals surface area contributed by atoms with Crippen molar-refractivity contribution in [3.05, 3.63) is 0 Å². The average Bonchev–Trinajstić information content (AvgIpc) is 2.30. The van der Waals surface area contributed by atoms with Crippen molar-refractivity contribution in [2.75, 3.05) is 6.54 Å². The molecule has 0 aromatic rings. The molecule has 0 aromatic heterocycles. The molecule has 1 aliphatic carbocycles. The lowest BCUT2D eigenvalue weighted by Crippen LogP contribution is -2.41. The van der Waals surface area contributed by atoms with Crippen molar-refractivity contribution in [2.45, 2.75) is 64.5 Å². The summed E-state index contributed by atoms with van der Waals surface area (Å²) in [7, 11) is 0. The lowest BCUT2D eigenvalue weighted by atomic mass is 9.90. The van der Waals surface area contributed by atoms with E-state index in [0.717, 1.165) is 32.1 Å². The average molecular weight is 255 g/mol. The zero-order valence-corrected chi connectivity index (χ0v) is 11.8. The van der Waals surface area contributed by atoms with Crippen molar-refractivity contribution in [1.82, 2.24) is 5.32 Å². The fourth-order valence-electron chi connectivity index (χ4n) is 2.74. The molecule has 1 unspecified atom stereocenters. The highest BCUT2D eigenvalue weighted by atomic mass is 16.1. The summed E-state index contributed by atoms with van der Waals surface area (Å²) in [4.78, 5) is 11.9. The zero-order chi connectivity index (χ0) is 13.5. The number of rotatable bonds is 6. The Bertz CT molecular complexity index is 247. The van der Waals surface area contributed by atoms with Gasteiger partial charge in [-0.1, -0.05) is 13.8 Å². The van der Waals surface area contributed by atoms with Crippen molar-refractivity contribution < 1.29 is 4.79 Å². The monoisotopic (exact) mass is 255 g/mol. The fourth-order valence-corrected chi connectivity index (χ4v) is 2.74. The molecule has 0 heterocycles. The van der Waals surface area contributed by atoms with Crippen LogP contribution in [0, 0.1) is 11.8 Å². The maximum Gasteiger partial charge on any atom is 0.220 e. The van der Waals surface area contributed by atoms with E-state index in [1.54, 1.807) is 0 Å². The molecule has 0 spiro atoms. The lowest BCUT2D eigenvalue weighted by molar-refractivity contribution is -0.123. The third-order valence-electron chi connectivity index (χ3n) is 3.75. The minimum Gasteiger partial charge on any atom is -0.353 e. The van der Waals surface area contributed by atoms with Crippen LogP contribution in [0.3, 0.4) is 0 Å². The molecule has 1 fully saturated rings. The van der Waals surface area contributed by atoms with Gasteiger partial charge in [-0.25, -0.2) is 0 Å². The first kappa shape index (κ1) is 15.4. The van der Waals surface area contributed by atoms with E-state index in [0.29, 0.717) is 36.9 Å². The minimum absolute atomic E-state index is 0.159. The van der Waals surface area contributed by atoms with Crippen LogP contribution in [-0.2, 0) is 4.79 Å². The standard InChI is InChI=1S/C14H29N3O/c1-10(2)7-11(9-15)8-14(18)17-13-5-3-12(16)4-6-13/h10-13H,3-9,15-16H2,1-2H3,(H,17,18). The van der Waals surface area contributed by atoms with Gasteiger partial charge in [-0.15, -0.1) is 0 Å². The number of amides is 1. The molecule has 1 amide bonds. The SMILES string of the molecule is CC(C)CC(CN)CC(=O)NC1CCC(N)CC1. The van der Waals surface area contributed by atoms with E-state index in [1.165, 1.54) is 0 Å². The summed E-state index contributed by atoms with van der Waals surface area (Å²) in [5.41, 5.74) is 11.6. The van der Waals surface area contributed by atoms with Crippen LogP contribution in [-0.4, -0.2) is 24.5 Å². The lowest BCUT2D eigenvalue weighted by Gasteiger charge is -2.27. The molecule has 1 aliphatic rings. The van der Waals surface area contributed by atoms with Crippen LogP contribution >= 0.6 is 0 Å². The van der Waals surface area contributed by atoms with Gasteiger partial charge < -0.3 is 16.8 Å². The summed E-state index contributed by atoms with van der Waals surface area (Å²) in [6, 6.07) is 0.658. The van der Waals surface area contributed by atoms with Crippen LogP contribution in [0.4, 0.5) is 0 Å². The maximum atomic E-state index is 11.9. The first-order valence-electron chi connectivity index (χ1n) is 7.26. The highest BCUT2D eigenvalue weighted by Gasteiger charge is 2.21. The van der Waals surface area contributed by atoms with Crippen LogP contribution in [0.1, 0.15) is 52.4 Å². The fraction of sp³-hybridized carbons (Fsp3) is 0.929. The van der Waals surface area contributed by atoms with Crippen LogP contribution in [0.2, 0.25) is 0 Å². The van der Waals surface area contributed by atoms with E-state index in [4.69, 9.17) is 11.5 Å². The zero-order valence-electron chi connectivity index (χ0n) is 11.8. The Hall–Kier alpha value is -0.610. The molecular weight excluding hydrogens is 226 g/mol. The van der Waals surface area contributed by atoms with Crippen LogP contribution in [0.15, 0.2) is 0 Å². The Kier molecular flexibility index (Phi) is 6.65. The van der Waals surface area contributed by atoms with Gasteiger partial charge in [-0.2, -0.15) is 0 Å². The second kappa shape index (κ2) is 7.74. The highest BCUT2D eigenvalue weighted by molar-refractivity contribution is 5.76. The van der Waals surface area contributed by atoms with E-state index in [1.807, 2.05) is 0 Å². The van der Waals surface area contributed by atoms with Crippen molar-refractivity contribution in [3.63, 3.8) is 0 Å². The Labute approximate surface area is 111 Å². The summed E-state index contributed by atoms with van der Waals surface area (Å²) >= 11 is 0. The van der Waals surface area contributed by atoms with Crippen LogP contribution in [0.25, 0.3) is 0 Å². The van der Waals surface area contributed by atoms with Gasteiger partial charge in [-0.3, -0.25) is 4.79 Å². The third kappa shape index (κ3) is 5.83. The Morgan fingerprint density at radius 1 is 1.28 bits per heavy atom. The van der Waals surface area contributed by atoms with Gasteiger partial charge in [0.1, 0.15) is 0 Å². The molecule has 1 saturated carbocycles. The molecule has 0 aromatic carbocycles. The first-order valence-corrected chi connectivity index (χ1v) is 7.26. The maximum absolute atomic E-state index is 11.9. The molecule has 0 bridgehead atoms. The molecule has 0 saturated heterocycles. The summed E-state index contributed by atoms with van der Waals surface area (Å²) in [5.74, 6) is 1.07. The number of carbonyl (C=O) groups is 1. The molecule has 1 rings (SSSR count). The molecule has 106 valence electrons. The molecule has 4 nitrogen and oxygen atoms in total. The quantitative estimate of drug-likeness (QED) is 0.671. The smallest absolute Gasteiger partial charge is 0.220 e. The predicted molar refractivity (Wildman–Crippen MR) is 75.0 cm³/mol. The Balaban J connectivity index is 2.27. The number of carbonyl (C=O) groups excluding carboxylic acids is 1. The van der Waals surface area contributed by atoms with E-state index in [2.05, 4.69) is 19.2 Å². The van der Waals surface area contributed by atoms with Crippen molar-refractivity contribution in [1.29, 1.82) is 0 Å². The Morgan fingerprint density at radius 3 is 2.39 bits per heavy atom. The topological polar surface area (TPSA) is 81.1 Å². The minimum atomic E-state index is 0.159. The van der Waals surface area contributed by atoms with Gasteiger partial charge >= 0.3 is 0 Å². The van der Waals surface area contributed by atoms with Crippen molar-refractivity contribution in [2.24, 2.45) is 23.3 Å². The van der Waals surface area contributed by atoms with Gasteiger partial charge in [-0.05, 0) is 50.5 Å². The van der Waals surface area contributed by atoms with Gasteiger partial charge in [0.15, 0.2) is 0 Å². The molecule has 18 heavy (non-hydrogen) atoms. The largest absolute Gasteiger partial charge is 0.353 e. The number of nitrogens with one attached hydrogen (secondary N) is 1. The van der Waals surface area contributed by atoms with Crippen molar-refractivity contribution >= 4 is 5.91 Å². The van der Waals surface area contributed by atoms with Gasteiger partial charge in [0.2, 0.25) is 5.91 Å². The second-order valence-corrected chi connectivity index (χ2v) is 6.11. The van der Waals surface area contributed by atoms with Crippen LogP contribution in [0.5, 0.6) is 0 Å². The molecule has 1 atom stereocenters. The highest BCUT2D eigenvalue weighted by Crippen LogP contribution is 2.18. The van der Waals surface area contributed by atoms with Gasteiger partial charge in [0, 0.05) is 18.5 Å². The second-order valence-electron chi connectivity index (χ2n) is 6.11. The molecule has 4 heteroatoms. The van der Waals surface area contributed by atoms with Gasteiger partial charge in [0.05, 0.1) is 0 Å². The summed E-state index contributed by atoms with van der Waals surface area (Å²) in [6.07, 6.45) is 5.68. The predicted octanol–water partition coefficient (Wildman–Crippen LogP) is 1.38. The summed E-state index contributed by atoms with van der Waals surface area (Å²) in [6.45, 7) is 4.94. The third-order valence-corrected chi connectivity index (χ3v) is 3.75. The van der Waals surface area contributed by atoms with E-state index in [-0.39, 0.29) is 5.91 Å². The van der Waals surface area contributed by atoms with Crippen LogP contribution < -0.4 is 16.8 Å². The number of hydrogen-bond acceptors (Lipinski definition) is 3. The van der Waals surface area contributed by atoms with Crippen molar-refractivity contribution in [3.8, 4) is 0 Å². The van der Waals surface area contributed by atoms with E-state index >= 15 is 0 Å². The summed E-state index contributed by atoms with van der Waals surface area (Å²) < 4.78 is 0. The number of hydrogen-bond donors (Lipinski definition) is 3. The molecule has 5 N–H and O–H groups in total. The molecular formula is C14H29N3O. The summed E-state index contributed by atoms with van der Waals surface area (Å²) in [5, 5.41) is 3.13.